The summed E-state index contributed by atoms with van der Waals surface area (Å²) in [6, 6.07) is 9.01. The van der Waals surface area contributed by atoms with Crippen LogP contribution in [0.25, 0.3) is 11.3 Å². The zero-order valence-electron chi connectivity index (χ0n) is 11.7. The number of nitrogens with zero attached hydrogens (tertiary/aromatic N) is 5. The van der Waals surface area contributed by atoms with E-state index in [1.165, 1.54) is 6.21 Å². The minimum atomic E-state index is -0.315. The molecule has 2 N–H and O–H groups in total. The van der Waals surface area contributed by atoms with Crippen molar-refractivity contribution in [1.29, 1.82) is 0 Å². The maximum atomic E-state index is 11.6. The maximum Gasteiger partial charge on any atom is 0.338 e. The predicted molar refractivity (Wildman–Crippen MR) is 78.5 cm³/mol. The van der Waals surface area contributed by atoms with Crippen molar-refractivity contribution in [2.45, 2.75) is 6.61 Å². The third-order valence-electron chi connectivity index (χ3n) is 3.37. The Balaban J connectivity index is 1.61. The second-order valence-electron chi connectivity index (χ2n) is 4.82. The van der Waals surface area contributed by atoms with Crippen LogP contribution in [0.2, 0.25) is 0 Å². The van der Waals surface area contributed by atoms with E-state index in [0.29, 0.717) is 23.7 Å². The lowest BCUT2D eigenvalue weighted by atomic mass is 10.0. The molecule has 23 heavy (non-hydrogen) atoms. The number of carbonyl (C=O) groups is 1. The number of anilines is 1. The molecule has 2 aromatic heterocycles. The van der Waals surface area contributed by atoms with Crippen molar-refractivity contribution in [3.63, 3.8) is 0 Å². The normalized spacial score (nSPS) is 13.5. The van der Waals surface area contributed by atoms with Gasteiger partial charge in [-0.3, -0.25) is 0 Å². The Labute approximate surface area is 129 Å². The summed E-state index contributed by atoms with van der Waals surface area (Å²) in [6.07, 6.45) is 1.44. The van der Waals surface area contributed by atoms with Crippen LogP contribution in [-0.4, -0.2) is 32.5 Å². The molecule has 0 saturated heterocycles. The van der Waals surface area contributed by atoms with E-state index < -0.39 is 0 Å². The Bertz CT molecular complexity index is 926. The molecule has 1 aliphatic heterocycles. The molecular formula is C14H10N6O3. The fourth-order valence-electron chi connectivity index (χ4n) is 2.23. The third-order valence-corrected chi connectivity index (χ3v) is 3.37. The van der Waals surface area contributed by atoms with E-state index >= 15 is 0 Å². The van der Waals surface area contributed by atoms with E-state index in [0.717, 1.165) is 15.9 Å². The highest BCUT2D eigenvalue weighted by Gasteiger charge is 2.21. The van der Waals surface area contributed by atoms with Gasteiger partial charge >= 0.3 is 5.97 Å². The lowest BCUT2D eigenvalue weighted by Crippen LogP contribution is -1.99. The van der Waals surface area contributed by atoms with E-state index in [9.17, 15) is 4.79 Å². The molecule has 4 rings (SSSR count). The molecule has 0 bridgehead atoms. The minimum absolute atomic E-state index is 0.0742. The van der Waals surface area contributed by atoms with Gasteiger partial charge in [0.2, 0.25) is 0 Å². The van der Waals surface area contributed by atoms with Crippen LogP contribution in [-0.2, 0) is 11.3 Å². The maximum absolute atomic E-state index is 11.6. The second kappa shape index (κ2) is 5.05. The van der Waals surface area contributed by atoms with Gasteiger partial charge in [0, 0.05) is 11.1 Å². The highest BCUT2D eigenvalue weighted by Crippen LogP contribution is 2.28. The summed E-state index contributed by atoms with van der Waals surface area (Å²) in [5.41, 5.74) is 7.73. The van der Waals surface area contributed by atoms with Crippen molar-refractivity contribution < 1.29 is 13.9 Å². The van der Waals surface area contributed by atoms with Gasteiger partial charge in [-0.05, 0) is 28.6 Å². The Morgan fingerprint density at radius 2 is 2.22 bits per heavy atom. The largest absolute Gasteiger partial charge is 0.457 e. The van der Waals surface area contributed by atoms with Crippen LogP contribution in [0.1, 0.15) is 21.7 Å². The summed E-state index contributed by atoms with van der Waals surface area (Å²) in [6.45, 7) is 0.317. The Hall–Kier alpha value is -3.49. The smallest absolute Gasteiger partial charge is 0.338 e. The fraction of sp³-hybridized carbons (Fsp3) is 0.0714. The average molecular weight is 310 g/mol. The summed E-state index contributed by atoms with van der Waals surface area (Å²) in [4.78, 5) is 12.7. The molecule has 1 aromatic carbocycles. The SMILES string of the molecule is Nc1nnnn1/N=C\c1ccc(-c2ccc3c(c2)C(=O)OC3)o1. The monoisotopic (exact) mass is 310 g/mol. The first kappa shape index (κ1) is 13.2. The predicted octanol–water partition coefficient (Wildman–Crippen LogP) is 1.07. The number of benzene rings is 1. The molecule has 0 aliphatic carbocycles. The van der Waals surface area contributed by atoms with Gasteiger partial charge < -0.3 is 14.9 Å². The third kappa shape index (κ3) is 2.33. The van der Waals surface area contributed by atoms with Crippen molar-refractivity contribution in [1.82, 2.24) is 20.3 Å². The number of esters is 1. The molecule has 0 spiro atoms. The van der Waals surface area contributed by atoms with Crippen molar-refractivity contribution in [2.24, 2.45) is 5.10 Å². The van der Waals surface area contributed by atoms with E-state index in [1.54, 1.807) is 18.2 Å². The Kier molecular flexibility index (Phi) is 2.90. The molecule has 9 nitrogen and oxygen atoms in total. The number of hydrogen-bond donors (Lipinski definition) is 1. The quantitative estimate of drug-likeness (QED) is 0.567. The van der Waals surface area contributed by atoms with E-state index in [2.05, 4.69) is 20.6 Å². The Morgan fingerprint density at radius 1 is 1.30 bits per heavy atom. The van der Waals surface area contributed by atoms with E-state index in [-0.39, 0.29) is 11.9 Å². The van der Waals surface area contributed by atoms with Crippen LogP contribution in [0.4, 0.5) is 5.95 Å². The van der Waals surface area contributed by atoms with Gasteiger partial charge in [0.25, 0.3) is 5.95 Å². The molecule has 0 fully saturated rings. The number of hydrogen-bond acceptors (Lipinski definition) is 8. The molecule has 3 aromatic rings. The molecule has 3 heterocycles. The van der Waals surface area contributed by atoms with Crippen molar-refractivity contribution in [3.05, 3.63) is 47.2 Å². The van der Waals surface area contributed by atoms with Gasteiger partial charge in [0.15, 0.2) is 0 Å². The Morgan fingerprint density at radius 3 is 3.04 bits per heavy atom. The first-order valence-corrected chi connectivity index (χ1v) is 6.69. The number of rotatable bonds is 3. The molecule has 9 heteroatoms. The number of fused-ring (bicyclic) bond motifs is 1. The van der Waals surface area contributed by atoms with Crippen LogP contribution < -0.4 is 5.73 Å². The summed E-state index contributed by atoms with van der Waals surface area (Å²) in [5, 5.41) is 14.4. The fourth-order valence-corrected chi connectivity index (χ4v) is 2.23. The van der Waals surface area contributed by atoms with Crippen LogP contribution in [0, 0.1) is 0 Å². The highest BCUT2D eigenvalue weighted by atomic mass is 16.5. The van der Waals surface area contributed by atoms with Gasteiger partial charge in [0.1, 0.15) is 18.1 Å². The summed E-state index contributed by atoms with van der Waals surface area (Å²) >= 11 is 0. The zero-order valence-corrected chi connectivity index (χ0v) is 11.7. The number of cyclic esters (lactones) is 1. The number of ether oxygens (including phenoxy) is 1. The van der Waals surface area contributed by atoms with E-state index in [1.807, 2.05) is 12.1 Å². The van der Waals surface area contributed by atoms with Crippen molar-refractivity contribution in [2.75, 3.05) is 5.73 Å². The van der Waals surface area contributed by atoms with Gasteiger partial charge in [-0.15, -0.1) is 0 Å². The second-order valence-corrected chi connectivity index (χ2v) is 4.82. The van der Waals surface area contributed by atoms with Gasteiger partial charge in [-0.1, -0.05) is 22.0 Å². The van der Waals surface area contributed by atoms with Crippen LogP contribution in [0.5, 0.6) is 0 Å². The number of tetrazole rings is 1. The van der Waals surface area contributed by atoms with Crippen LogP contribution >= 0.6 is 0 Å². The lowest BCUT2D eigenvalue weighted by molar-refractivity contribution is 0.0535. The number of nitrogen functional groups attached to an aromatic ring is 1. The highest BCUT2D eigenvalue weighted by molar-refractivity contribution is 5.94. The number of furan rings is 1. The summed E-state index contributed by atoms with van der Waals surface area (Å²) in [5.74, 6) is 0.867. The van der Waals surface area contributed by atoms with Gasteiger partial charge in [-0.25, -0.2) is 4.79 Å². The lowest BCUT2D eigenvalue weighted by Gasteiger charge is -1.99. The van der Waals surface area contributed by atoms with E-state index in [4.69, 9.17) is 14.9 Å². The van der Waals surface area contributed by atoms with Gasteiger partial charge in [-0.2, -0.15) is 5.10 Å². The first-order chi connectivity index (χ1) is 11.2. The molecule has 114 valence electrons. The van der Waals surface area contributed by atoms with Crippen molar-refractivity contribution >= 4 is 18.1 Å². The summed E-state index contributed by atoms with van der Waals surface area (Å²) in [7, 11) is 0. The van der Waals surface area contributed by atoms with Crippen LogP contribution in [0.3, 0.4) is 0 Å². The summed E-state index contributed by atoms with van der Waals surface area (Å²) < 4.78 is 10.7. The molecule has 0 saturated carbocycles. The first-order valence-electron chi connectivity index (χ1n) is 6.69. The zero-order chi connectivity index (χ0) is 15.8. The molecular weight excluding hydrogens is 300 g/mol. The van der Waals surface area contributed by atoms with Gasteiger partial charge in [0.05, 0.1) is 11.8 Å². The number of carbonyl (C=O) groups excluding carboxylic acids is 1. The molecule has 0 unspecified atom stereocenters. The van der Waals surface area contributed by atoms with Crippen LogP contribution in [0.15, 0.2) is 39.9 Å². The van der Waals surface area contributed by atoms with Crippen molar-refractivity contribution in [3.8, 4) is 11.3 Å². The topological polar surface area (TPSA) is 121 Å². The molecule has 0 atom stereocenters. The average Bonchev–Trinajstić information content (AvgIpc) is 3.26. The molecule has 0 amide bonds. The molecule has 1 aliphatic rings. The molecule has 0 radical (unpaired) electrons. The standard InChI is InChI=1S/C14H10N6O3/c15-14-17-18-19-20(14)16-6-10-3-4-12(23-10)8-1-2-9-7-22-13(21)11(9)5-8/h1-6H,7H2,(H2,15,17,19)/b16-6-. The number of nitrogens with two attached hydrogens (primary N) is 1. The minimum Gasteiger partial charge on any atom is -0.457 e. The number of aromatic nitrogens is 4.